The Labute approximate surface area is 480 Å². The van der Waals surface area contributed by atoms with Crippen molar-refractivity contribution in [1.82, 2.24) is 0 Å². The minimum absolute atomic E-state index is 0.00303. The second kappa shape index (κ2) is 19.0. The Morgan fingerprint density at radius 1 is 0.487 bits per heavy atom. The molecule has 0 unspecified atom stereocenters. The van der Waals surface area contributed by atoms with Crippen molar-refractivity contribution in [3.8, 4) is 22.3 Å². The van der Waals surface area contributed by atoms with E-state index in [4.69, 9.17) is 0 Å². The second-order valence-corrected chi connectivity index (χ2v) is 27.8. The van der Waals surface area contributed by atoms with E-state index in [1.165, 1.54) is 104 Å². The van der Waals surface area contributed by atoms with Gasteiger partial charge in [0.2, 0.25) is 0 Å². The van der Waals surface area contributed by atoms with Crippen molar-refractivity contribution in [1.29, 1.82) is 0 Å². The molecular formula is C75H74BN3S. The molecule has 0 N–H and O–H groups in total. The fraction of sp³-hybridized carbons (Fsp3) is 0.253. The molecule has 13 rings (SSSR count). The van der Waals surface area contributed by atoms with E-state index in [9.17, 15) is 0 Å². The predicted octanol–water partition coefficient (Wildman–Crippen LogP) is 19.9. The fourth-order valence-corrected chi connectivity index (χ4v) is 14.5. The first kappa shape index (κ1) is 51.8. The lowest BCUT2D eigenvalue weighted by molar-refractivity contribution is 0.332. The molecule has 80 heavy (non-hydrogen) atoms. The lowest BCUT2D eigenvalue weighted by Gasteiger charge is -2.47. The first-order valence-corrected chi connectivity index (χ1v) is 29.9. The Balaban J connectivity index is 1.20. The van der Waals surface area contributed by atoms with E-state index >= 15 is 0 Å². The summed E-state index contributed by atoms with van der Waals surface area (Å²) >= 11 is 2.00. The molecular weight excluding hydrogens is 986 g/mol. The molecule has 0 amide bonds. The fourth-order valence-electron chi connectivity index (χ4n) is 13.2. The summed E-state index contributed by atoms with van der Waals surface area (Å²) in [5, 5.41) is 1.31. The topological polar surface area (TPSA) is 9.72 Å². The van der Waals surface area contributed by atoms with E-state index in [1.54, 1.807) is 0 Å². The SMILES string of the molecule is CC(C)c1ccc(N2c3cc(N(c4ccccc4)c4ccc(-c5ccccc5)cc4)cc4c3B(c3cc5c(cc3N4c3ccc(C(C)(C)C)cc3-c3ccccc3)C(C)(C)CCC5(C)C)c3sc4ccc(C(C)(C)C)cc4c32)cc1. The van der Waals surface area contributed by atoms with Gasteiger partial charge in [-0.05, 0) is 175 Å². The van der Waals surface area contributed by atoms with Gasteiger partial charge in [-0.25, -0.2) is 0 Å². The van der Waals surface area contributed by atoms with Crippen LogP contribution in [0.4, 0.5) is 51.2 Å². The highest BCUT2D eigenvalue weighted by molar-refractivity contribution is 7.33. The first-order valence-electron chi connectivity index (χ1n) is 29.1. The van der Waals surface area contributed by atoms with Crippen molar-refractivity contribution in [3.63, 3.8) is 0 Å². The van der Waals surface area contributed by atoms with Gasteiger partial charge in [0, 0.05) is 54.6 Å². The Morgan fingerprint density at radius 2 is 1.02 bits per heavy atom. The Kier molecular flexibility index (Phi) is 12.3. The van der Waals surface area contributed by atoms with Gasteiger partial charge in [-0.2, -0.15) is 0 Å². The smallest absolute Gasteiger partial charge is 0.264 e. The summed E-state index contributed by atoms with van der Waals surface area (Å²) in [6.45, 7) is 28.6. The van der Waals surface area contributed by atoms with Crippen molar-refractivity contribution in [2.24, 2.45) is 0 Å². The predicted molar refractivity (Wildman–Crippen MR) is 348 cm³/mol. The van der Waals surface area contributed by atoms with E-state index in [0.717, 1.165) is 35.6 Å². The van der Waals surface area contributed by atoms with Gasteiger partial charge >= 0.3 is 0 Å². The lowest BCUT2D eigenvalue weighted by atomic mass is 9.35. The summed E-state index contributed by atoms with van der Waals surface area (Å²) in [5.74, 6) is 0.402. The van der Waals surface area contributed by atoms with Crippen molar-refractivity contribution < 1.29 is 0 Å². The van der Waals surface area contributed by atoms with Crippen LogP contribution in [0, 0.1) is 0 Å². The third-order valence-electron chi connectivity index (χ3n) is 18.0. The van der Waals surface area contributed by atoms with Crippen LogP contribution < -0.4 is 30.4 Å². The zero-order chi connectivity index (χ0) is 55.6. The van der Waals surface area contributed by atoms with Gasteiger partial charge in [0.15, 0.2) is 0 Å². The lowest BCUT2D eigenvalue weighted by Crippen LogP contribution is -2.61. The van der Waals surface area contributed by atoms with E-state index in [2.05, 4.69) is 298 Å². The van der Waals surface area contributed by atoms with Crippen LogP contribution in [-0.2, 0) is 21.7 Å². The second-order valence-electron chi connectivity index (χ2n) is 26.7. The molecule has 3 heterocycles. The van der Waals surface area contributed by atoms with Gasteiger partial charge in [-0.1, -0.05) is 204 Å². The average molecular weight is 1060 g/mol. The summed E-state index contributed by atoms with van der Waals surface area (Å²) < 4.78 is 2.72. The monoisotopic (exact) mass is 1060 g/mol. The van der Waals surface area contributed by atoms with Crippen LogP contribution >= 0.6 is 11.3 Å². The van der Waals surface area contributed by atoms with E-state index in [0.29, 0.717) is 5.92 Å². The molecule has 9 aromatic carbocycles. The van der Waals surface area contributed by atoms with Gasteiger partial charge in [-0.3, -0.25) is 0 Å². The van der Waals surface area contributed by atoms with Gasteiger partial charge in [0.1, 0.15) is 0 Å². The molecule has 3 nitrogen and oxygen atoms in total. The van der Waals surface area contributed by atoms with Crippen LogP contribution in [0.25, 0.3) is 32.3 Å². The molecule has 1 aliphatic carbocycles. The van der Waals surface area contributed by atoms with E-state index < -0.39 is 0 Å². The maximum atomic E-state index is 2.71. The number of thiophene rings is 1. The zero-order valence-electron chi connectivity index (χ0n) is 48.9. The maximum absolute atomic E-state index is 2.71. The van der Waals surface area contributed by atoms with Gasteiger partial charge < -0.3 is 14.7 Å². The maximum Gasteiger partial charge on any atom is 0.264 e. The minimum atomic E-state index is -0.0664. The number of benzene rings is 9. The van der Waals surface area contributed by atoms with Gasteiger partial charge in [-0.15, -0.1) is 11.3 Å². The third kappa shape index (κ3) is 8.70. The molecule has 1 aromatic heterocycles. The van der Waals surface area contributed by atoms with Gasteiger partial charge in [0.25, 0.3) is 6.71 Å². The minimum Gasteiger partial charge on any atom is -0.311 e. The zero-order valence-corrected chi connectivity index (χ0v) is 49.7. The van der Waals surface area contributed by atoms with E-state index in [-0.39, 0.29) is 28.4 Å². The van der Waals surface area contributed by atoms with Crippen LogP contribution in [-0.4, -0.2) is 6.71 Å². The third-order valence-corrected chi connectivity index (χ3v) is 19.2. The Bertz CT molecular complexity index is 3990. The Morgan fingerprint density at radius 3 is 1.64 bits per heavy atom. The number of hydrogen-bond donors (Lipinski definition) is 0. The van der Waals surface area contributed by atoms with Crippen molar-refractivity contribution >= 4 is 95.0 Å². The van der Waals surface area contributed by atoms with Crippen LogP contribution in [0.1, 0.15) is 130 Å². The molecule has 0 saturated carbocycles. The summed E-state index contributed by atoms with van der Waals surface area (Å²) in [6.07, 6.45) is 2.27. The molecule has 2 aliphatic heterocycles. The largest absolute Gasteiger partial charge is 0.311 e. The van der Waals surface area contributed by atoms with E-state index in [1.807, 2.05) is 11.3 Å². The average Bonchev–Trinajstić information content (AvgIpc) is 1.86. The highest BCUT2D eigenvalue weighted by Gasteiger charge is 2.49. The highest BCUT2D eigenvalue weighted by atomic mass is 32.1. The molecule has 5 heteroatoms. The number of fused-ring (bicyclic) bond motifs is 7. The van der Waals surface area contributed by atoms with Crippen molar-refractivity contribution in [3.05, 3.63) is 228 Å². The number of nitrogens with zero attached hydrogens (tertiary/aromatic N) is 3. The number of anilines is 9. The highest BCUT2D eigenvalue weighted by Crippen LogP contribution is 2.55. The molecule has 0 atom stereocenters. The molecule has 0 spiro atoms. The van der Waals surface area contributed by atoms with Crippen LogP contribution in [0.3, 0.4) is 0 Å². The normalized spacial score (nSPS) is 15.1. The molecule has 0 fully saturated rings. The molecule has 0 radical (unpaired) electrons. The van der Waals surface area contributed by atoms with Crippen LogP contribution in [0.5, 0.6) is 0 Å². The number of para-hydroxylation sites is 1. The van der Waals surface area contributed by atoms with Crippen LogP contribution in [0.2, 0.25) is 0 Å². The molecule has 398 valence electrons. The molecule has 3 aliphatic rings. The summed E-state index contributed by atoms with van der Waals surface area (Å²) in [7, 11) is 0. The molecule has 0 saturated heterocycles. The Hall–Kier alpha value is -7.60. The standard InChI is InChI=1S/C75H74BN3S/c1-48(2)49-28-34-57(35-29-49)78-66-44-58(77(55-26-20-15-21-27-55)56-36-30-51(31-37-56)50-22-16-13-17-23-50)45-67-69(66)76(71-70(78)60-43-54(73(6,7)8)33-39-68(60)80-71)63-46-61-62(75(11,12)41-40-74(61,9)10)47-65(63)79(67)64-38-32-53(72(3,4)5)42-59(64)52-24-18-14-19-25-52/h13-39,42-48H,40-41H2,1-12H3. The van der Waals surface area contributed by atoms with Crippen molar-refractivity contribution in [2.75, 3.05) is 14.7 Å². The number of rotatable bonds is 8. The van der Waals surface area contributed by atoms with Crippen molar-refractivity contribution in [2.45, 2.75) is 124 Å². The molecule has 0 bridgehead atoms. The first-order chi connectivity index (χ1) is 38.2. The quantitative estimate of drug-likeness (QED) is 0.140. The number of hydrogen-bond acceptors (Lipinski definition) is 4. The molecule has 10 aromatic rings. The summed E-state index contributed by atoms with van der Waals surface area (Å²) in [5.41, 5.74) is 25.0. The summed E-state index contributed by atoms with van der Waals surface area (Å²) in [4.78, 5) is 7.87. The van der Waals surface area contributed by atoms with Crippen LogP contribution in [0.15, 0.2) is 200 Å². The van der Waals surface area contributed by atoms with Gasteiger partial charge in [0.05, 0.1) is 17.1 Å². The summed E-state index contributed by atoms with van der Waals surface area (Å²) in [6, 6.07) is 76.7.